The molecule has 1 aliphatic carbocycles. The van der Waals surface area contributed by atoms with Crippen molar-refractivity contribution in [3.05, 3.63) is 59.0 Å². The Bertz CT molecular complexity index is 1410. The summed E-state index contributed by atoms with van der Waals surface area (Å²) in [4.78, 5) is 34.0. The summed E-state index contributed by atoms with van der Waals surface area (Å²) in [5.41, 5.74) is 3.94. The van der Waals surface area contributed by atoms with E-state index in [1.54, 1.807) is 9.20 Å². The van der Waals surface area contributed by atoms with E-state index < -0.39 is 18.5 Å². The lowest BCUT2D eigenvalue weighted by Gasteiger charge is -2.11. The lowest BCUT2D eigenvalue weighted by molar-refractivity contribution is -0.146. The molecular weight excluding hydrogens is 466 g/mol. The SMILES string of the molecule is CSc1nc2nc(C)c(CC(=O)OCC(=O)Nc3cc(C4CC4)nn3-c3ccccc3)c(C)n2n1. The first-order valence-electron chi connectivity index (χ1n) is 11.3. The predicted octanol–water partition coefficient (Wildman–Crippen LogP) is 3.25. The van der Waals surface area contributed by atoms with Gasteiger partial charge >= 0.3 is 5.97 Å². The van der Waals surface area contributed by atoms with Gasteiger partial charge in [0.05, 0.1) is 17.8 Å². The van der Waals surface area contributed by atoms with E-state index in [2.05, 4.69) is 25.5 Å². The van der Waals surface area contributed by atoms with Crippen LogP contribution in [0.25, 0.3) is 11.5 Å². The molecule has 0 unspecified atom stereocenters. The minimum Gasteiger partial charge on any atom is -0.455 e. The van der Waals surface area contributed by atoms with Crippen molar-refractivity contribution in [1.82, 2.24) is 29.4 Å². The summed E-state index contributed by atoms with van der Waals surface area (Å²) in [6, 6.07) is 11.5. The lowest BCUT2D eigenvalue weighted by Crippen LogP contribution is -2.23. The third-order valence-corrected chi connectivity index (χ3v) is 6.43. The first-order valence-corrected chi connectivity index (χ1v) is 12.5. The number of ether oxygens (including phenoxy) is 1. The molecule has 0 spiro atoms. The van der Waals surface area contributed by atoms with Gasteiger partial charge in [-0.1, -0.05) is 30.0 Å². The van der Waals surface area contributed by atoms with Crippen molar-refractivity contribution in [3.8, 4) is 5.69 Å². The minimum atomic E-state index is -0.520. The van der Waals surface area contributed by atoms with Crippen LogP contribution in [0.4, 0.5) is 5.82 Å². The maximum absolute atomic E-state index is 12.6. The highest BCUT2D eigenvalue weighted by Crippen LogP contribution is 2.40. The standard InChI is InChI=1S/C24H25N7O3S/c1-14-18(15(2)30-23(25-14)27-24(29-30)35-3)11-22(33)34-13-21(32)26-20-12-19(16-9-10-16)28-31(20)17-7-5-4-6-8-17/h4-8,12,16H,9-11,13H2,1-3H3,(H,26,32). The summed E-state index contributed by atoms with van der Waals surface area (Å²) in [6.45, 7) is 3.28. The molecule has 5 rings (SSSR count). The smallest absolute Gasteiger partial charge is 0.310 e. The molecule has 11 heteroatoms. The van der Waals surface area contributed by atoms with Crippen LogP contribution in [0.5, 0.6) is 0 Å². The summed E-state index contributed by atoms with van der Waals surface area (Å²) in [5.74, 6) is 0.522. The number of nitrogens with one attached hydrogen (secondary N) is 1. The van der Waals surface area contributed by atoms with Gasteiger partial charge in [-0.05, 0) is 45.1 Å². The molecule has 1 fully saturated rings. The topological polar surface area (TPSA) is 116 Å². The van der Waals surface area contributed by atoms with Crippen molar-refractivity contribution >= 4 is 35.2 Å². The molecule has 4 aromatic rings. The third-order valence-electron chi connectivity index (χ3n) is 5.89. The van der Waals surface area contributed by atoms with Gasteiger partial charge in [0.15, 0.2) is 6.61 Å². The molecule has 0 atom stereocenters. The Kier molecular flexibility index (Phi) is 6.25. The number of hydrogen-bond acceptors (Lipinski definition) is 8. The number of carbonyl (C=O) groups excluding carboxylic acids is 2. The molecule has 1 amide bonds. The number of carbonyl (C=O) groups is 2. The normalized spacial score (nSPS) is 13.2. The third kappa shape index (κ3) is 4.90. The number of esters is 1. The zero-order valence-corrected chi connectivity index (χ0v) is 20.5. The Balaban J connectivity index is 1.25. The van der Waals surface area contributed by atoms with E-state index in [0.717, 1.165) is 29.9 Å². The Morgan fingerprint density at radius 1 is 1.14 bits per heavy atom. The zero-order valence-electron chi connectivity index (χ0n) is 19.7. The van der Waals surface area contributed by atoms with Gasteiger partial charge in [-0.15, -0.1) is 5.10 Å². The number of rotatable bonds is 8. The molecule has 1 aromatic carbocycles. The summed E-state index contributed by atoms with van der Waals surface area (Å²) < 4.78 is 8.61. The number of anilines is 1. The maximum Gasteiger partial charge on any atom is 0.310 e. The minimum absolute atomic E-state index is 0.0177. The summed E-state index contributed by atoms with van der Waals surface area (Å²) in [5, 5.41) is 12.5. The number of para-hydroxylation sites is 1. The zero-order chi connectivity index (χ0) is 24.5. The fourth-order valence-corrected chi connectivity index (χ4v) is 4.22. The highest BCUT2D eigenvalue weighted by molar-refractivity contribution is 7.98. The fraction of sp³-hybridized carbons (Fsp3) is 0.333. The average Bonchev–Trinajstić information content (AvgIpc) is 3.49. The highest BCUT2D eigenvalue weighted by Gasteiger charge is 2.28. The number of fused-ring (bicyclic) bond motifs is 1. The molecule has 0 saturated heterocycles. The monoisotopic (exact) mass is 491 g/mol. The summed E-state index contributed by atoms with van der Waals surface area (Å²) in [7, 11) is 0. The lowest BCUT2D eigenvalue weighted by atomic mass is 10.1. The van der Waals surface area contributed by atoms with Crippen LogP contribution in [0.2, 0.25) is 0 Å². The molecule has 3 heterocycles. The van der Waals surface area contributed by atoms with Gasteiger partial charge in [-0.3, -0.25) is 9.59 Å². The molecule has 0 bridgehead atoms. The largest absolute Gasteiger partial charge is 0.455 e. The van der Waals surface area contributed by atoms with E-state index in [0.29, 0.717) is 33.9 Å². The van der Waals surface area contributed by atoms with Crippen molar-refractivity contribution < 1.29 is 14.3 Å². The highest BCUT2D eigenvalue weighted by atomic mass is 32.2. The van der Waals surface area contributed by atoms with Gasteiger partial charge in [0, 0.05) is 28.9 Å². The van der Waals surface area contributed by atoms with Crippen LogP contribution >= 0.6 is 11.8 Å². The van der Waals surface area contributed by atoms with Crippen LogP contribution in [0, 0.1) is 13.8 Å². The molecule has 0 aliphatic heterocycles. The van der Waals surface area contributed by atoms with E-state index in [1.165, 1.54) is 11.8 Å². The van der Waals surface area contributed by atoms with Crippen LogP contribution in [0.3, 0.4) is 0 Å². The second-order valence-electron chi connectivity index (χ2n) is 8.43. The number of thioether (sulfide) groups is 1. The van der Waals surface area contributed by atoms with Crippen LogP contribution in [-0.2, 0) is 20.7 Å². The first kappa shape index (κ1) is 23.0. The van der Waals surface area contributed by atoms with Crippen LogP contribution in [0.1, 0.15) is 41.4 Å². The number of benzene rings is 1. The molecule has 0 radical (unpaired) electrons. The number of aryl methyl sites for hydroxylation is 2. The van der Waals surface area contributed by atoms with E-state index >= 15 is 0 Å². The van der Waals surface area contributed by atoms with Gasteiger partial charge in [-0.2, -0.15) is 10.1 Å². The number of aromatic nitrogens is 6. The van der Waals surface area contributed by atoms with E-state index in [-0.39, 0.29) is 6.42 Å². The van der Waals surface area contributed by atoms with Crippen molar-refractivity contribution in [2.45, 2.75) is 44.2 Å². The Labute approximate surface area is 206 Å². The maximum atomic E-state index is 12.6. The Morgan fingerprint density at radius 3 is 2.63 bits per heavy atom. The van der Waals surface area contributed by atoms with Gasteiger partial charge < -0.3 is 10.1 Å². The molecule has 35 heavy (non-hydrogen) atoms. The molecule has 1 N–H and O–H groups in total. The van der Waals surface area contributed by atoms with E-state index in [9.17, 15) is 9.59 Å². The van der Waals surface area contributed by atoms with Crippen molar-refractivity contribution in [2.24, 2.45) is 0 Å². The summed E-state index contributed by atoms with van der Waals surface area (Å²) in [6.07, 6.45) is 4.07. The fourth-order valence-electron chi connectivity index (χ4n) is 3.89. The molecule has 10 nitrogen and oxygen atoms in total. The van der Waals surface area contributed by atoms with Crippen molar-refractivity contribution in [1.29, 1.82) is 0 Å². The molecule has 180 valence electrons. The van der Waals surface area contributed by atoms with Gasteiger partial charge in [0.25, 0.3) is 11.7 Å². The van der Waals surface area contributed by atoms with Crippen LogP contribution < -0.4 is 5.32 Å². The molecule has 3 aromatic heterocycles. The van der Waals surface area contributed by atoms with Crippen LogP contribution in [-0.4, -0.2) is 54.1 Å². The second-order valence-corrected chi connectivity index (χ2v) is 9.21. The number of hydrogen-bond donors (Lipinski definition) is 1. The summed E-state index contributed by atoms with van der Waals surface area (Å²) >= 11 is 1.42. The number of amides is 1. The Hall–Kier alpha value is -3.73. The van der Waals surface area contributed by atoms with Crippen LogP contribution in [0.15, 0.2) is 41.6 Å². The van der Waals surface area contributed by atoms with Gasteiger partial charge in [0.1, 0.15) is 5.82 Å². The molecular formula is C24H25N7O3S. The number of nitrogens with zero attached hydrogens (tertiary/aromatic N) is 6. The predicted molar refractivity (Wildman–Crippen MR) is 131 cm³/mol. The average molecular weight is 492 g/mol. The van der Waals surface area contributed by atoms with Crippen molar-refractivity contribution in [3.63, 3.8) is 0 Å². The van der Waals surface area contributed by atoms with Gasteiger partial charge in [0.2, 0.25) is 5.16 Å². The first-order chi connectivity index (χ1) is 16.9. The van der Waals surface area contributed by atoms with E-state index in [4.69, 9.17) is 4.74 Å². The quantitative estimate of drug-likeness (QED) is 0.295. The molecule has 1 saturated carbocycles. The van der Waals surface area contributed by atoms with E-state index in [1.807, 2.05) is 56.5 Å². The van der Waals surface area contributed by atoms with Gasteiger partial charge in [-0.25, -0.2) is 14.2 Å². The van der Waals surface area contributed by atoms with Crippen molar-refractivity contribution in [2.75, 3.05) is 18.2 Å². The molecule has 1 aliphatic rings. The Morgan fingerprint density at radius 2 is 1.91 bits per heavy atom. The second kappa shape index (κ2) is 9.49.